The van der Waals surface area contributed by atoms with Gasteiger partial charge in [0, 0.05) is 43.8 Å². The van der Waals surface area contributed by atoms with Crippen molar-refractivity contribution in [3.05, 3.63) is 66.9 Å². The van der Waals surface area contributed by atoms with Gasteiger partial charge in [0.05, 0.1) is 35.0 Å². The molecule has 0 radical (unpaired) electrons. The molecule has 214 valence electrons. The third-order valence-electron chi connectivity index (χ3n) is 7.38. The maximum atomic E-state index is 13.2. The Kier molecular flexibility index (Phi) is 7.39. The molecular formula is C31H28F2N6O3. The van der Waals surface area contributed by atoms with Crippen LogP contribution in [0, 0.1) is 17.2 Å². The smallest absolute Gasteiger partial charge is 0.248 e. The molecule has 0 bridgehead atoms. The molecule has 1 aliphatic carbocycles. The zero-order valence-electron chi connectivity index (χ0n) is 23.0. The molecule has 4 aromatic rings. The minimum Gasteiger partial charge on any atom is -0.495 e. The summed E-state index contributed by atoms with van der Waals surface area (Å²) < 4.78 is 33.9. The highest BCUT2D eigenvalue weighted by Gasteiger charge is 2.45. The van der Waals surface area contributed by atoms with Gasteiger partial charge in [0.15, 0.2) is 0 Å². The van der Waals surface area contributed by atoms with Crippen LogP contribution >= 0.6 is 0 Å². The van der Waals surface area contributed by atoms with E-state index in [2.05, 4.69) is 28.3 Å². The fourth-order valence-corrected chi connectivity index (χ4v) is 5.46. The van der Waals surface area contributed by atoms with Crippen LogP contribution in [0.2, 0.25) is 0 Å². The van der Waals surface area contributed by atoms with Gasteiger partial charge in [-0.3, -0.25) is 9.59 Å². The van der Waals surface area contributed by atoms with E-state index in [1.807, 2.05) is 23.7 Å². The number of aryl methyl sites for hydroxylation is 1. The van der Waals surface area contributed by atoms with Gasteiger partial charge < -0.3 is 25.7 Å². The lowest BCUT2D eigenvalue weighted by atomic mass is 9.79. The van der Waals surface area contributed by atoms with Crippen LogP contribution in [-0.4, -0.2) is 34.4 Å². The summed E-state index contributed by atoms with van der Waals surface area (Å²) in [7, 11) is 3.29. The van der Waals surface area contributed by atoms with Crippen LogP contribution in [0.5, 0.6) is 5.75 Å². The summed E-state index contributed by atoms with van der Waals surface area (Å²) in [5.74, 6) is -3.18. The summed E-state index contributed by atoms with van der Waals surface area (Å²) in [6.07, 6.45) is 2.03. The van der Waals surface area contributed by atoms with Gasteiger partial charge in [-0.25, -0.2) is 13.8 Å². The third-order valence-corrected chi connectivity index (χ3v) is 7.38. The number of nitrogens with two attached hydrogens (primary N) is 1. The molecule has 2 amide bonds. The highest BCUT2D eigenvalue weighted by Crippen LogP contribution is 2.46. The maximum Gasteiger partial charge on any atom is 0.248 e. The zero-order chi connectivity index (χ0) is 30.2. The molecule has 0 saturated heterocycles. The van der Waals surface area contributed by atoms with Crippen molar-refractivity contribution in [3.63, 3.8) is 0 Å². The maximum absolute atomic E-state index is 13.2. The number of hydrogen-bond donors (Lipinski definition) is 3. The highest BCUT2D eigenvalue weighted by molar-refractivity contribution is 6.11. The summed E-state index contributed by atoms with van der Waals surface area (Å²) in [5.41, 5.74) is 11.2. The molecule has 5 rings (SSSR count). The van der Waals surface area contributed by atoms with Crippen molar-refractivity contribution in [1.29, 1.82) is 5.26 Å². The van der Waals surface area contributed by atoms with Crippen molar-refractivity contribution in [1.82, 2.24) is 9.55 Å². The molecule has 1 fully saturated rings. The molecule has 1 aliphatic rings. The van der Waals surface area contributed by atoms with Crippen LogP contribution in [0.15, 0.2) is 61.3 Å². The van der Waals surface area contributed by atoms with Crippen molar-refractivity contribution >= 4 is 39.9 Å². The largest absolute Gasteiger partial charge is 0.495 e. The van der Waals surface area contributed by atoms with Gasteiger partial charge in [0.1, 0.15) is 17.6 Å². The van der Waals surface area contributed by atoms with Crippen LogP contribution in [0.3, 0.4) is 0 Å². The van der Waals surface area contributed by atoms with Crippen molar-refractivity contribution in [3.8, 4) is 34.2 Å². The molecule has 0 aliphatic heterocycles. The number of hydrogen-bond acceptors (Lipinski definition) is 6. The van der Waals surface area contributed by atoms with Gasteiger partial charge in [-0.15, -0.1) is 0 Å². The van der Waals surface area contributed by atoms with Crippen LogP contribution in [0.25, 0.3) is 33.3 Å². The zero-order valence-corrected chi connectivity index (χ0v) is 23.0. The molecule has 0 spiro atoms. The molecular weight excluding hydrogens is 542 g/mol. The van der Waals surface area contributed by atoms with E-state index in [0.717, 1.165) is 11.3 Å². The molecule has 1 saturated carbocycles. The molecule has 2 aromatic heterocycles. The number of nitrogens with zero attached hydrogens (tertiary/aromatic N) is 3. The number of methoxy groups -OCH3 is 1. The number of carbonyl (C=O) groups excluding carboxylic acids is 2. The van der Waals surface area contributed by atoms with E-state index in [1.54, 1.807) is 30.3 Å². The average Bonchev–Trinajstić information content (AvgIpc) is 3.26. The SMILES string of the molecule is C=CC(=O)Nc1ccc(-c2c(-c3ccc(NC(=O)CC4CC(F)(F)C4)c(OC)c3)c3c(N)ncc(C#N)c3n2C)cc1. The Morgan fingerprint density at radius 3 is 2.52 bits per heavy atom. The van der Waals surface area contributed by atoms with Crippen molar-refractivity contribution in [2.24, 2.45) is 13.0 Å². The van der Waals surface area contributed by atoms with Crippen LogP contribution in [0.1, 0.15) is 24.8 Å². The van der Waals surface area contributed by atoms with Crippen molar-refractivity contribution < 1.29 is 23.1 Å². The van der Waals surface area contributed by atoms with E-state index in [-0.39, 0.29) is 42.8 Å². The number of amides is 2. The van der Waals surface area contributed by atoms with Crippen LogP contribution < -0.4 is 21.1 Å². The number of carbonyl (C=O) groups is 2. The Hall–Kier alpha value is -5.24. The first-order valence-corrected chi connectivity index (χ1v) is 13.1. The van der Waals surface area contributed by atoms with Gasteiger partial charge in [0.2, 0.25) is 17.7 Å². The lowest BCUT2D eigenvalue weighted by Gasteiger charge is -2.34. The van der Waals surface area contributed by atoms with E-state index in [0.29, 0.717) is 44.7 Å². The molecule has 2 aromatic carbocycles. The first kappa shape index (κ1) is 28.3. The minimum absolute atomic E-state index is 0.00362. The number of rotatable bonds is 8. The predicted octanol–water partition coefficient (Wildman–Crippen LogP) is 5.87. The first-order valence-electron chi connectivity index (χ1n) is 13.1. The predicted molar refractivity (Wildman–Crippen MR) is 157 cm³/mol. The third kappa shape index (κ3) is 5.26. The standard InChI is InChI=1S/C31H28F2N6O3/c1-4-24(40)37-21-8-5-18(6-9-21)28-26(27-29(39(28)2)20(15-34)16-36-30(27)35)19-7-10-22(23(12-19)42-3)38-25(41)11-17-13-31(32,33)14-17/h4-10,12,16-17H,1,11,13-14H2,2-3H3,(H2,35,36)(H,37,40)(H,38,41). The number of ether oxygens (including phenoxy) is 1. The minimum atomic E-state index is -2.69. The van der Waals surface area contributed by atoms with E-state index in [9.17, 15) is 23.6 Å². The lowest BCUT2D eigenvalue weighted by molar-refractivity contribution is -0.129. The Balaban J connectivity index is 1.59. The molecule has 0 atom stereocenters. The second-order valence-corrected chi connectivity index (χ2v) is 10.2. The number of fused-ring (bicyclic) bond motifs is 1. The second-order valence-electron chi connectivity index (χ2n) is 10.2. The van der Waals surface area contributed by atoms with Crippen molar-refractivity contribution in [2.45, 2.75) is 25.2 Å². The van der Waals surface area contributed by atoms with Gasteiger partial charge >= 0.3 is 0 Å². The number of nitrogens with one attached hydrogen (secondary N) is 2. The number of pyridine rings is 1. The number of nitriles is 1. The molecule has 4 N–H and O–H groups in total. The number of anilines is 3. The molecule has 11 heteroatoms. The van der Waals surface area contributed by atoms with E-state index in [1.165, 1.54) is 19.4 Å². The number of alkyl halides is 2. The normalized spacial score (nSPS) is 14.1. The Bertz CT molecular complexity index is 1760. The monoisotopic (exact) mass is 570 g/mol. The number of halogens is 2. The summed E-state index contributed by atoms with van der Waals surface area (Å²) in [6.45, 7) is 3.47. The number of nitrogen functional groups attached to an aromatic ring is 1. The molecule has 9 nitrogen and oxygen atoms in total. The fourth-order valence-electron chi connectivity index (χ4n) is 5.46. The molecule has 2 heterocycles. The van der Waals surface area contributed by atoms with Crippen LogP contribution in [-0.2, 0) is 16.6 Å². The quantitative estimate of drug-likeness (QED) is 0.227. The van der Waals surface area contributed by atoms with Gasteiger partial charge in [-0.2, -0.15) is 5.26 Å². The summed E-state index contributed by atoms with van der Waals surface area (Å²) in [5, 5.41) is 15.9. The first-order chi connectivity index (χ1) is 20.0. The van der Waals surface area contributed by atoms with E-state index >= 15 is 0 Å². The lowest BCUT2D eigenvalue weighted by Crippen LogP contribution is -2.37. The van der Waals surface area contributed by atoms with E-state index < -0.39 is 5.92 Å². The Morgan fingerprint density at radius 1 is 1.21 bits per heavy atom. The Labute approximate surface area is 240 Å². The number of aromatic nitrogens is 2. The van der Waals surface area contributed by atoms with Gasteiger partial charge in [-0.05, 0) is 47.4 Å². The summed E-state index contributed by atoms with van der Waals surface area (Å²) in [6, 6.07) is 14.6. The Morgan fingerprint density at radius 2 is 1.90 bits per heavy atom. The topological polar surface area (TPSA) is 135 Å². The van der Waals surface area contributed by atoms with Gasteiger partial charge in [-0.1, -0.05) is 24.8 Å². The average molecular weight is 571 g/mol. The summed E-state index contributed by atoms with van der Waals surface area (Å²) in [4.78, 5) is 28.6. The molecule has 42 heavy (non-hydrogen) atoms. The van der Waals surface area contributed by atoms with Crippen LogP contribution in [0.4, 0.5) is 26.0 Å². The summed E-state index contributed by atoms with van der Waals surface area (Å²) >= 11 is 0. The van der Waals surface area contributed by atoms with Gasteiger partial charge in [0.25, 0.3) is 0 Å². The molecule has 0 unspecified atom stereocenters. The second kappa shape index (κ2) is 11.0. The number of benzene rings is 2. The fraction of sp³-hybridized carbons (Fsp3) is 0.226. The highest BCUT2D eigenvalue weighted by atomic mass is 19.3. The van der Waals surface area contributed by atoms with Crippen molar-refractivity contribution in [2.75, 3.05) is 23.5 Å². The van der Waals surface area contributed by atoms with E-state index in [4.69, 9.17) is 10.5 Å².